The summed E-state index contributed by atoms with van der Waals surface area (Å²) in [6, 6.07) is 6.10. The number of nitrogen functional groups attached to an aromatic ring is 1. The fourth-order valence-corrected chi connectivity index (χ4v) is 2.60. The van der Waals surface area contributed by atoms with E-state index in [0.29, 0.717) is 5.92 Å². The molecule has 0 bridgehead atoms. The Balaban J connectivity index is 1.96. The summed E-state index contributed by atoms with van der Waals surface area (Å²) in [5, 5.41) is 9.56. The molecule has 17 heavy (non-hydrogen) atoms. The van der Waals surface area contributed by atoms with Crippen molar-refractivity contribution in [2.45, 2.75) is 26.0 Å². The van der Waals surface area contributed by atoms with Crippen LogP contribution in [0.2, 0.25) is 0 Å². The van der Waals surface area contributed by atoms with Crippen LogP contribution < -0.4 is 5.73 Å². The maximum atomic E-state index is 9.56. The van der Waals surface area contributed by atoms with Crippen LogP contribution in [-0.4, -0.2) is 29.2 Å². The molecule has 3 nitrogen and oxygen atoms in total. The van der Waals surface area contributed by atoms with Gasteiger partial charge in [-0.1, -0.05) is 6.07 Å². The van der Waals surface area contributed by atoms with Gasteiger partial charge in [-0.3, -0.25) is 4.90 Å². The topological polar surface area (TPSA) is 49.5 Å². The van der Waals surface area contributed by atoms with Gasteiger partial charge >= 0.3 is 0 Å². The van der Waals surface area contributed by atoms with Crippen molar-refractivity contribution in [3.63, 3.8) is 0 Å². The molecule has 1 aliphatic heterocycles. The predicted octanol–water partition coefficient (Wildman–Crippen LogP) is 2.23. The molecule has 1 heterocycles. The molecule has 1 aromatic carbocycles. The largest absolute Gasteiger partial charge is 0.398 e. The van der Waals surface area contributed by atoms with E-state index in [1.165, 1.54) is 5.56 Å². The zero-order valence-electron chi connectivity index (χ0n) is 10.1. The number of nitrogens with two attached hydrogens (primary N) is 1. The normalized spacial score (nSPS) is 22.9. The predicted molar refractivity (Wildman–Crippen MR) is 73.6 cm³/mol. The van der Waals surface area contributed by atoms with E-state index in [-0.39, 0.29) is 6.10 Å². The van der Waals surface area contributed by atoms with Crippen LogP contribution in [0.1, 0.15) is 18.9 Å². The van der Waals surface area contributed by atoms with Crippen LogP contribution in [0.15, 0.2) is 22.7 Å². The van der Waals surface area contributed by atoms with Crippen LogP contribution in [-0.2, 0) is 6.54 Å². The Morgan fingerprint density at radius 3 is 2.94 bits per heavy atom. The zero-order valence-corrected chi connectivity index (χ0v) is 11.7. The Hall–Kier alpha value is -0.580. The molecule has 0 radical (unpaired) electrons. The van der Waals surface area contributed by atoms with Gasteiger partial charge < -0.3 is 10.8 Å². The highest BCUT2D eigenvalue weighted by molar-refractivity contribution is 9.10. The smallest absolute Gasteiger partial charge is 0.0552 e. The van der Waals surface area contributed by atoms with Crippen molar-refractivity contribution in [2.75, 3.05) is 18.8 Å². The number of benzene rings is 1. The van der Waals surface area contributed by atoms with Crippen molar-refractivity contribution in [1.29, 1.82) is 0 Å². The zero-order chi connectivity index (χ0) is 12.4. The maximum absolute atomic E-state index is 9.56. The number of anilines is 1. The van der Waals surface area contributed by atoms with E-state index in [4.69, 9.17) is 5.73 Å². The summed E-state index contributed by atoms with van der Waals surface area (Å²) in [7, 11) is 0. The number of aliphatic hydroxyl groups is 1. The molecule has 2 rings (SSSR count). The van der Waals surface area contributed by atoms with Gasteiger partial charge in [-0.15, -0.1) is 0 Å². The summed E-state index contributed by atoms with van der Waals surface area (Å²) >= 11 is 3.40. The van der Waals surface area contributed by atoms with E-state index in [1.807, 2.05) is 19.1 Å². The van der Waals surface area contributed by atoms with Gasteiger partial charge in [0, 0.05) is 23.2 Å². The average Bonchev–Trinajstić information content (AvgIpc) is 2.72. The molecule has 94 valence electrons. The number of halogens is 1. The molecule has 1 aliphatic rings. The minimum atomic E-state index is -0.199. The number of hydrogen-bond acceptors (Lipinski definition) is 3. The van der Waals surface area contributed by atoms with Gasteiger partial charge in [0.2, 0.25) is 0 Å². The molecular weight excluding hydrogens is 280 g/mol. The summed E-state index contributed by atoms with van der Waals surface area (Å²) in [5.74, 6) is 0.419. The quantitative estimate of drug-likeness (QED) is 0.842. The first-order valence-corrected chi connectivity index (χ1v) is 6.80. The van der Waals surface area contributed by atoms with E-state index in [1.54, 1.807) is 0 Å². The molecular formula is C13H19BrN2O. The van der Waals surface area contributed by atoms with E-state index in [0.717, 1.165) is 36.2 Å². The fourth-order valence-electron chi connectivity index (χ4n) is 2.35. The summed E-state index contributed by atoms with van der Waals surface area (Å²) < 4.78 is 0.949. The summed E-state index contributed by atoms with van der Waals surface area (Å²) in [6.45, 7) is 4.84. The standard InChI is InChI=1S/C13H19BrN2O/c1-9(17)11-4-5-16(8-11)7-10-2-3-12(14)13(15)6-10/h2-3,6,9,11,17H,4-5,7-8,15H2,1H3. The van der Waals surface area contributed by atoms with E-state index >= 15 is 0 Å². The molecule has 2 atom stereocenters. The second kappa shape index (κ2) is 5.38. The maximum Gasteiger partial charge on any atom is 0.0552 e. The summed E-state index contributed by atoms with van der Waals surface area (Å²) in [5.41, 5.74) is 7.88. The van der Waals surface area contributed by atoms with Crippen molar-refractivity contribution in [2.24, 2.45) is 5.92 Å². The van der Waals surface area contributed by atoms with Crippen LogP contribution >= 0.6 is 15.9 Å². The molecule has 4 heteroatoms. The summed E-state index contributed by atoms with van der Waals surface area (Å²) in [6.07, 6.45) is 0.888. The second-order valence-corrected chi connectivity index (χ2v) is 5.73. The van der Waals surface area contributed by atoms with E-state index in [2.05, 4.69) is 26.9 Å². The van der Waals surface area contributed by atoms with Crippen molar-refractivity contribution >= 4 is 21.6 Å². The Labute approximate surface area is 111 Å². The van der Waals surface area contributed by atoms with Crippen molar-refractivity contribution in [3.05, 3.63) is 28.2 Å². The number of hydrogen-bond donors (Lipinski definition) is 2. The molecule has 1 fully saturated rings. The van der Waals surface area contributed by atoms with E-state index in [9.17, 15) is 5.11 Å². The monoisotopic (exact) mass is 298 g/mol. The van der Waals surface area contributed by atoms with Crippen LogP contribution in [0.25, 0.3) is 0 Å². The summed E-state index contributed by atoms with van der Waals surface area (Å²) in [4.78, 5) is 2.38. The lowest BCUT2D eigenvalue weighted by Gasteiger charge is -2.17. The minimum absolute atomic E-state index is 0.199. The first kappa shape index (κ1) is 12.9. The third kappa shape index (κ3) is 3.21. The van der Waals surface area contributed by atoms with Crippen LogP contribution in [0.3, 0.4) is 0 Å². The van der Waals surface area contributed by atoms with Crippen molar-refractivity contribution in [1.82, 2.24) is 4.90 Å². The lowest BCUT2D eigenvalue weighted by Crippen LogP contribution is -2.24. The Kier molecular flexibility index (Phi) is 4.07. The third-order valence-corrected chi connectivity index (χ3v) is 4.18. The number of aliphatic hydroxyl groups excluding tert-OH is 1. The number of rotatable bonds is 3. The lowest BCUT2D eigenvalue weighted by atomic mass is 10.0. The third-order valence-electron chi connectivity index (χ3n) is 3.46. The van der Waals surface area contributed by atoms with Gasteiger partial charge in [-0.25, -0.2) is 0 Å². The molecule has 0 aromatic heterocycles. The Morgan fingerprint density at radius 2 is 2.35 bits per heavy atom. The molecule has 0 aliphatic carbocycles. The average molecular weight is 299 g/mol. The minimum Gasteiger partial charge on any atom is -0.398 e. The molecule has 1 saturated heterocycles. The second-order valence-electron chi connectivity index (χ2n) is 4.88. The van der Waals surface area contributed by atoms with E-state index < -0.39 is 0 Å². The van der Waals surface area contributed by atoms with Gasteiger partial charge in [-0.2, -0.15) is 0 Å². The van der Waals surface area contributed by atoms with Gasteiger partial charge in [0.15, 0.2) is 0 Å². The van der Waals surface area contributed by atoms with Crippen LogP contribution in [0, 0.1) is 5.92 Å². The molecule has 0 saturated carbocycles. The van der Waals surface area contributed by atoms with Crippen molar-refractivity contribution < 1.29 is 5.11 Å². The molecule has 0 spiro atoms. The SMILES string of the molecule is CC(O)C1CCN(Cc2ccc(Br)c(N)c2)C1. The highest BCUT2D eigenvalue weighted by Gasteiger charge is 2.25. The first-order valence-electron chi connectivity index (χ1n) is 6.00. The number of likely N-dealkylation sites (tertiary alicyclic amines) is 1. The highest BCUT2D eigenvalue weighted by atomic mass is 79.9. The molecule has 1 aromatic rings. The first-order chi connectivity index (χ1) is 8.06. The lowest BCUT2D eigenvalue weighted by molar-refractivity contribution is 0.127. The molecule has 2 unspecified atom stereocenters. The van der Waals surface area contributed by atoms with Gasteiger partial charge in [0.25, 0.3) is 0 Å². The molecule has 3 N–H and O–H groups in total. The number of nitrogens with zero attached hydrogens (tertiary/aromatic N) is 1. The van der Waals surface area contributed by atoms with Gasteiger partial charge in [-0.05, 0) is 59.4 Å². The van der Waals surface area contributed by atoms with Gasteiger partial charge in [0.1, 0.15) is 0 Å². The van der Waals surface area contributed by atoms with Crippen LogP contribution in [0.5, 0.6) is 0 Å². The Morgan fingerprint density at radius 1 is 1.59 bits per heavy atom. The highest BCUT2D eigenvalue weighted by Crippen LogP contribution is 2.24. The van der Waals surface area contributed by atoms with Crippen LogP contribution in [0.4, 0.5) is 5.69 Å². The Bertz CT molecular complexity index is 395. The fraction of sp³-hybridized carbons (Fsp3) is 0.538. The van der Waals surface area contributed by atoms with Gasteiger partial charge in [0.05, 0.1) is 6.10 Å². The van der Waals surface area contributed by atoms with Crippen molar-refractivity contribution in [3.8, 4) is 0 Å². The molecule has 0 amide bonds.